The number of carbonyl (C=O) groups excluding carboxylic acids is 2. The molecule has 7 heteroatoms. The molecule has 0 aliphatic carbocycles. The Balaban J connectivity index is 2.03. The Bertz CT molecular complexity index is 539. The fourth-order valence-corrected chi connectivity index (χ4v) is 3.23. The van der Waals surface area contributed by atoms with Crippen LogP contribution in [0.3, 0.4) is 0 Å². The normalized spacial score (nSPS) is 17.0. The maximum atomic E-state index is 12.1. The van der Waals surface area contributed by atoms with Crippen LogP contribution in [0.4, 0.5) is 5.69 Å². The lowest BCUT2D eigenvalue weighted by molar-refractivity contribution is -0.922. The summed E-state index contributed by atoms with van der Waals surface area (Å²) in [5.41, 5.74) is 0.307. The van der Waals surface area contributed by atoms with Crippen LogP contribution in [0.25, 0.3) is 0 Å². The first-order valence-electron chi connectivity index (χ1n) is 7.28. The number of benzene rings is 1. The van der Waals surface area contributed by atoms with Crippen molar-refractivity contribution < 1.29 is 19.6 Å². The van der Waals surface area contributed by atoms with E-state index < -0.39 is 17.9 Å². The van der Waals surface area contributed by atoms with Gasteiger partial charge in [0, 0.05) is 0 Å². The van der Waals surface area contributed by atoms with Gasteiger partial charge in [0.05, 0.1) is 41.2 Å². The number of hydrogen-bond donors (Lipinski definition) is 2. The molecule has 2 N–H and O–H groups in total. The fourth-order valence-electron chi connectivity index (χ4n) is 2.74. The Morgan fingerprint density at radius 1 is 1.18 bits per heavy atom. The predicted octanol–water partition coefficient (Wildman–Crippen LogP) is 0.509. The van der Waals surface area contributed by atoms with Crippen molar-refractivity contribution in [1.29, 1.82) is 0 Å². The molecular weight excluding hydrogens is 327 g/mol. The minimum Gasteiger partial charge on any atom is -0.544 e. The Hall–Kier alpha value is -1.30. The van der Waals surface area contributed by atoms with Gasteiger partial charge in [-0.25, -0.2) is 0 Å². The molecule has 22 heavy (non-hydrogen) atoms. The van der Waals surface area contributed by atoms with E-state index in [1.54, 1.807) is 18.2 Å². The number of carboxylic acid groups (broad SMARTS) is 1. The van der Waals surface area contributed by atoms with Crippen molar-refractivity contribution >= 4 is 40.8 Å². The molecule has 1 atom stereocenters. The molecule has 1 aliphatic heterocycles. The number of carboxylic acids is 1. The van der Waals surface area contributed by atoms with Gasteiger partial charge >= 0.3 is 0 Å². The molecule has 1 aliphatic rings. The zero-order chi connectivity index (χ0) is 16.1. The van der Waals surface area contributed by atoms with Gasteiger partial charge in [0.2, 0.25) is 5.91 Å². The van der Waals surface area contributed by atoms with Gasteiger partial charge in [-0.3, -0.25) is 4.79 Å². The molecule has 0 aromatic heterocycles. The second kappa shape index (κ2) is 7.81. The van der Waals surface area contributed by atoms with Gasteiger partial charge in [0.1, 0.15) is 6.04 Å². The first kappa shape index (κ1) is 17.1. The van der Waals surface area contributed by atoms with Crippen molar-refractivity contribution in [2.75, 3.05) is 18.4 Å². The second-order valence-corrected chi connectivity index (χ2v) is 6.25. The first-order chi connectivity index (χ1) is 10.5. The van der Waals surface area contributed by atoms with Crippen LogP contribution in [0.5, 0.6) is 0 Å². The van der Waals surface area contributed by atoms with E-state index in [4.69, 9.17) is 23.2 Å². The summed E-state index contributed by atoms with van der Waals surface area (Å²) in [6.45, 7) is 1.50. The molecule has 0 saturated carbocycles. The van der Waals surface area contributed by atoms with Crippen molar-refractivity contribution in [3.8, 4) is 0 Å². The molecule has 0 bridgehead atoms. The molecule has 1 fully saturated rings. The van der Waals surface area contributed by atoms with E-state index in [2.05, 4.69) is 5.32 Å². The monoisotopic (exact) mass is 344 g/mol. The van der Waals surface area contributed by atoms with Crippen LogP contribution in [-0.4, -0.2) is 31.0 Å². The van der Waals surface area contributed by atoms with Gasteiger partial charge in [0.15, 0.2) is 0 Å². The Morgan fingerprint density at radius 2 is 1.77 bits per heavy atom. The summed E-state index contributed by atoms with van der Waals surface area (Å²) in [5.74, 6) is -1.63. The molecule has 0 radical (unpaired) electrons. The maximum Gasteiger partial charge on any atom is 0.230 e. The molecule has 0 unspecified atom stereocenters. The van der Waals surface area contributed by atoms with Crippen molar-refractivity contribution in [2.24, 2.45) is 0 Å². The van der Waals surface area contributed by atoms with Gasteiger partial charge in [0.25, 0.3) is 0 Å². The highest BCUT2D eigenvalue weighted by molar-refractivity contribution is 6.39. The van der Waals surface area contributed by atoms with Gasteiger partial charge in [-0.05, 0) is 31.4 Å². The van der Waals surface area contributed by atoms with E-state index >= 15 is 0 Å². The van der Waals surface area contributed by atoms with Crippen molar-refractivity contribution in [1.82, 2.24) is 0 Å². The predicted molar refractivity (Wildman–Crippen MR) is 83.1 cm³/mol. The topological polar surface area (TPSA) is 73.7 Å². The van der Waals surface area contributed by atoms with Crippen molar-refractivity contribution in [2.45, 2.75) is 31.7 Å². The SMILES string of the molecule is O=C(C[C@H](C(=O)[O-])[NH+]1CCCCC1)Nc1c(Cl)cccc1Cl. The van der Waals surface area contributed by atoms with Crippen LogP contribution >= 0.6 is 23.2 Å². The summed E-state index contributed by atoms with van der Waals surface area (Å²) in [4.78, 5) is 24.4. The summed E-state index contributed by atoms with van der Waals surface area (Å²) in [6.07, 6.45) is 2.89. The number of hydrogen-bond acceptors (Lipinski definition) is 3. The minimum atomic E-state index is -1.20. The number of anilines is 1. The van der Waals surface area contributed by atoms with Crippen LogP contribution < -0.4 is 15.3 Å². The highest BCUT2D eigenvalue weighted by atomic mass is 35.5. The number of piperidine rings is 1. The number of rotatable bonds is 5. The lowest BCUT2D eigenvalue weighted by atomic mass is 10.1. The van der Waals surface area contributed by atoms with Crippen LogP contribution in [-0.2, 0) is 9.59 Å². The van der Waals surface area contributed by atoms with Gasteiger partial charge < -0.3 is 20.1 Å². The van der Waals surface area contributed by atoms with E-state index in [0.717, 1.165) is 37.3 Å². The maximum absolute atomic E-state index is 12.1. The first-order valence-corrected chi connectivity index (χ1v) is 8.04. The van der Waals surface area contributed by atoms with Crippen LogP contribution in [0.1, 0.15) is 25.7 Å². The van der Waals surface area contributed by atoms with E-state index in [9.17, 15) is 14.7 Å². The lowest BCUT2D eigenvalue weighted by Gasteiger charge is -2.31. The highest BCUT2D eigenvalue weighted by Crippen LogP contribution is 2.29. The Labute approximate surface area is 139 Å². The fraction of sp³-hybridized carbons (Fsp3) is 0.467. The summed E-state index contributed by atoms with van der Waals surface area (Å²) >= 11 is 12.0. The average molecular weight is 345 g/mol. The Kier molecular flexibility index (Phi) is 6.06. The molecule has 1 heterocycles. The third-order valence-electron chi connectivity index (χ3n) is 3.89. The largest absolute Gasteiger partial charge is 0.544 e. The molecule has 2 rings (SSSR count). The third-order valence-corrected chi connectivity index (χ3v) is 4.52. The summed E-state index contributed by atoms with van der Waals surface area (Å²) in [5, 5.41) is 14.6. The third kappa shape index (κ3) is 4.35. The van der Waals surface area contributed by atoms with E-state index in [1.165, 1.54) is 0 Å². The number of nitrogens with one attached hydrogen (secondary N) is 2. The van der Waals surface area contributed by atoms with E-state index in [1.807, 2.05) is 0 Å². The van der Waals surface area contributed by atoms with Crippen molar-refractivity contribution in [3.63, 3.8) is 0 Å². The average Bonchev–Trinajstić information content (AvgIpc) is 2.49. The van der Waals surface area contributed by atoms with Gasteiger partial charge in [-0.15, -0.1) is 0 Å². The highest BCUT2D eigenvalue weighted by Gasteiger charge is 2.28. The standard InChI is InChI=1S/C15H18Cl2N2O3/c16-10-5-4-6-11(17)14(10)18-13(20)9-12(15(21)22)19-7-2-1-3-8-19/h4-6,12H,1-3,7-9H2,(H,18,20)(H,21,22)/t12-/m1/s1. The van der Waals surface area contributed by atoms with E-state index in [-0.39, 0.29) is 6.42 Å². The number of quaternary nitrogens is 1. The summed E-state index contributed by atoms with van der Waals surface area (Å²) in [6, 6.07) is 4.04. The summed E-state index contributed by atoms with van der Waals surface area (Å²) < 4.78 is 0. The molecule has 5 nitrogen and oxygen atoms in total. The number of carbonyl (C=O) groups is 2. The number of amides is 1. The molecule has 1 amide bonds. The second-order valence-electron chi connectivity index (χ2n) is 5.44. The number of aliphatic carboxylic acids is 1. The zero-order valence-corrected chi connectivity index (χ0v) is 13.5. The molecule has 1 aromatic rings. The summed E-state index contributed by atoms with van der Waals surface area (Å²) in [7, 11) is 0. The minimum absolute atomic E-state index is 0.154. The smallest absolute Gasteiger partial charge is 0.230 e. The Morgan fingerprint density at radius 3 is 2.32 bits per heavy atom. The van der Waals surface area contributed by atoms with Crippen LogP contribution in [0.2, 0.25) is 10.0 Å². The molecule has 1 saturated heterocycles. The molecule has 1 aromatic carbocycles. The number of halogens is 2. The van der Waals surface area contributed by atoms with Gasteiger partial charge in [-0.1, -0.05) is 29.3 Å². The molecular formula is C15H18Cl2N2O3. The van der Waals surface area contributed by atoms with Crippen LogP contribution in [0.15, 0.2) is 18.2 Å². The van der Waals surface area contributed by atoms with Gasteiger partial charge in [-0.2, -0.15) is 0 Å². The zero-order valence-electron chi connectivity index (χ0n) is 12.0. The lowest BCUT2D eigenvalue weighted by Crippen LogP contribution is -3.18. The quantitative estimate of drug-likeness (QED) is 0.817. The van der Waals surface area contributed by atoms with Crippen LogP contribution in [0, 0.1) is 0 Å². The van der Waals surface area contributed by atoms with Crippen molar-refractivity contribution in [3.05, 3.63) is 28.2 Å². The van der Waals surface area contributed by atoms with E-state index in [0.29, 0.717) is 15.7 Å². The number of para-hydroxylation sites is 1. The number of likely N-dealkylation sites (tertiary alicyclic amines) is 1. The molecule has 0 spiro atoms. The molecule has 120 valence electrons.